The Morgan fingerprint density at radius 2 is 1.62 bits per heavy atom. The van der Waals surface area contributed by atoms with Gasteiger partial charge in [0.2, 0.25) is 0 Å². The Morgan fingerprint density at radius 1 is 0.938 bits per heavy atom. The zero-order chi connectivity index (χ0) is 22.1. The van der Waals surface area contributed by atoms with Crippen molar-refractivity contribution < 1.29 is 14.2 Å². The van der Waals surface area contributed by atoms with Gasteiger partial charge in [-0.2, -0.15) is 0 Å². The normalized spacial score (nSPS) is 14.5. The fourth-order valence-electron chi connectivity index (χ4n) is 3.62. The number of hydrogen-bond acceptors (Lipinski definition) is 6. The van der Waals surface area contributed by atoms with Gasteiger partial charge in [-0.05, 0) is 42.8 Å². The van der Waals surface area contributed by atoms with E-state index in [1.54, 1.807) is 21.3 Å². The molecular formula is C23H34IN5O3. The van der Waals surface area contributed by atoms with Crippen molar-refractivity contribution in [1.29, 1.82) is 0 Å². The number of methoxy groups -OCH3 is 3. The van der Waals surface area contributed by atoms with E-state index in [1.807, 2.05) is 30.3 Å². The van der Waals surface area contributed by atoms with Gasteiger partial charge in [0.25, 0.3) is 0 Å². The predicted molar refractivity (Wildman–Crippen MR) is 141 cm³/mol. The molecule has 0 aliphatic carbocycles. The minimum Gasteiger partial charge on any atom is -0.497 e. The number of nitrogens with two attached hydrogens (primary N) is 1. The van der Waals surface area contributed by atoms with Crippen LogP contribution in [0.1, 0.15) is 6.42 Å². The van der Waals surface area contributed by atoms with E-state index >= 15 is 0 Å². The number of guanidine groups is 1. The van der Waals surface area contributed by atoms with Crippen molar-refractivity contribution >= 4 is 41.3 Å². The first-order valence-electron chi connectivity index (χ1n) is 10.5. The molecule has 0 saturated carbocycles. The van der Waals surface area contributed by atoms with Crippen molar-refractivity contribution in [2.45, 2.75) is 6.42 Å². The molecule has 0 atom stereocenters. The average Bonchev–Trinajstić information content (AvgIpc) is 2.82. The number of nitrogens with one attached hydrogen (secondary N) is 1. The quantitative estimate of drug-likeness (QED) is 0.213. The Bertz CT molecular complexity index is 855. The molecular weight excluding hydrogens is 521 g/mol. The van der Waals surface area contributed by atoms with Crippen molar-refractivity contribution in [3.05, 3.63) is 42.5 Å². The molecule has 8 nitrogen and oxygen atoms in total. The van der Waals surface area contributed by atoms with Crippen molar-refractivity contribution in [1.82, 2.24) is 4.90 Å². The highest BCUT2D eigenvalue weighted by molar-refractivity contribution is 14.0. The Balaban J connectivity index is 0.00000363. The van der Waals surface area contributed by atoms with Crippen LogP contribution in [0, 0.1) is 0 Å². The Labute approximate surface area is 207 Å². The maximum atomic E-state index is 6.03. The third-order valence-electron chi connectivity index (χ3n) is 5.38. The molecule has 0 unspecified atom stereocenters. The van der Waals surface area contributed by atoms with Gasteiger partial charge in [0.1, 0.15) is 5.75 Å². The molecule has 0 radical (unpaired) electrons. The summed E-state index contributed by atoms with van der Waals surface area (Å²) in [5.41, 5.74) is 8.09. The standard InChI is InChI=1S/C23H33N5O3.HI/c1-29-20-8-6-19(7-9-20)28-15-13-27(14-16-28)12-4-11-25-23(24)26-18-5-10-21(30-2)22(17-18)31-3;/h5-10,17H,4,11-16H2,1-3H3,(H3,24,25,26);1H. The van der Waals surface area contributed by atoms with E-state index in [4.69, 9.17) is 19.9 Å². The summed E-state index contributed by atoms with van der Waals surface area (Å²) in [5, 5.41) is 3.10. The summed E-state index contributed by atoms with van der Waals surface area (Å²) in [6.07, 6.45) is 0.969. The van der Waals surface area contributed by atoms with Crippen LogP contribution in [-0.2, 0) is 0 Å². The maximum Gasteiger partial charge on any atom is 0.193 e. The minimum atomic E-state index is 0. The number of ether oxygens (including phenoxy) is 3. The molecule has 1 saturated heterocycles. The molecule has 2 aromatic carbocycles. The van der Waals surface area contributed by atoms with Crippen molar-refractivity contribution in [3.63, 3.8) is 0 Å². The molecule has 9 heteroatoms. The zero-order valence-corrected chi connectivity index (χ0v) is 21.4. The van der Waals surface area contributed by atoms with E-state index in [0.717, 1.165) is 50.6 Å². The van der Waals surface area contributed by atoms with Crippen LogP contribution in [0.2, 0.25) is 0 Å². The number of piperazine rings is 1. The van der Waals surface area contributed by atoms with Gasteiger partial charge in [0.15, 0.2) is 17.5 Å². The monoisotopic (exact) mass is 555 g/mol. The van der Waals surface area contributed by atoms with Gasteiger partial charge >= 0.3 is 0 Å². The van der Waals surface area contributed by atoms with Crippen LogP contribution in [0.15, 0.2) is 47.5 Å². The van der Waals surface area contributed by atoms with Crippen LogP contribution in [-0.4, -0.2) is 71.5 Å². The number of halogens is 1. The summed E-state index contributed by atoms with van der Waals surface area (Å²) in [6.45, 7) is 5.86. The largest absolute Gasteiger partial charge is 0.497 e. The first-order valence-corrected chi connectivity index (χ1v) is 10.5. The topological polar surface area (TPSA) is 84.6 Å². The van der Waals surface area contributed by atoms with E-state index in [-0.39, 0.29) is 24.0 Å². The van der Waals surface area contributed by atoms with Crippen molar-refractivity contribution in [2.24, 2.45) is 10.7 Å². The lowest BCUT2D eigenvalue weighted by Gasteiger charge is -2.36. The highest BCUT2D eigenvalue weighted by atomic mass is 127. The number of nitrogens with zero attached hydrogens (tertiary/aromatic N) is 3. The summed E-state index contributed by atoms with van der Waals surface area (Å²) < 4.78 is 15.8. The van der Waals surface area contributed by atoms with Crippen LogP contribution < -0.4 is 30.2 Å². The van der Waals surface area contributed by atoms with Gasteiger partial charge in [-0.25, -0.2) is 0 Å². The Morgan fingerprint density at radius 3 is 2.25 bits per heavy atom. The fourth-order valence-corrected chi connectivity index (χ4v) is 3.62. The van der Waals surface area contributed by atoms with Crippen LogP contribution in [0.25, 0.3) is 0 Å². The summed E-state index contributed by atoms with van der Waals surface area (Å²) in [6, 6.07) is 13.8. The minimum absolute atomic E-state index is 0. The van der Waals surface area contributed by atoms with E-state index in [9.17, 15) is 0 Å². The van der Waals surface area contributed by atoms with Gasteiger partial charge in [-0.3, -0.25) is 9.89 Å². The second-order valence-corrected chi connectivity index (χ2v) is 7.34. The van der Waals surface area contributed by atoms with Crippen LogP contribution >= 0.6 is 24.0 Å². The van der Waals surface area contributed by atoms with E-state index < -0.39 is 0 Å². The third kappa shape index (κ3) is 7.33. The number of hydrogen-bond donors (Lipinski definition) is 2. The zero-order valence-electron chi connectivity index (χ0n) is 19.0. The Kier molecular flexibility index (Phi) is 10.7. The molecule has 0 spiro atoms. The van der Waals surface area contributed by atoms with Crippen LogP contribution in [0.4, 0.5) is 11.4 Å². The van der Waals surface area contributed by atoms with Crippen molar-refractivity contribution in [2.75, 3.05) is 70.8 Å². The lowest BCUT2D eigenvalue weighted by atomic mass is 10.2. The summed E-state index contributed by atoms with van der Waals surface area (Å²) in [7, 11) is 4.91. The smallest absolute Gasteiger partial charge is 0.193 e. The van der Waals surface area contributed by atoms with Gasteiger partial charge in [-0.15, -0.1) is 24.0 Å². The molecule has 3 N–H and O–H groups in total. The summed E-state index contributed by atoms with van der Waals surface area (Å²) >= 11 is 0. The van der Waals surface area contributed by atoms with Gasteiger partial charge in [0, 0.05) is 56.7 Å². The number of anilines is 2. The lowest BCUT2D eigenvalue weighted by molar-refractivity contribution is 0.256. The Hall–Kier alpha value is -2.40. The molecule has 2 aromatic rings. The highest BCUT2D eigenvalue weighted by Gasteiger charge is 2.16. The molecule has 176 valence electrons. The summed E-state index contributed by atoms with van der Waals surface area (Å²) in [5.74, 6) is 2.61. The van der Waals surface area contributed by atoms with Gasteiger partial charge < -0.3 is 30.2 Å². The maximum absolute atomic E-state index is 6.03. The molecule has 1 aliphatic heterocycles. The molecule has 1 aliphatic rings. The van der Waals surface area contributed by atoms with E-state index in [2.05, 4.69) is 32.2 Å². The lowest BCUT2D eigenvalue weighted by Crippen LogP contribution is -2.46. The number of rotatable bonds is 9. The molecule has 32 heavy (non-hydrogen) atoms. The number of benzene rings is 2. The predicted octanol–water partition coefficient (Wildman–Crippen LogP) is 3.27. The van der Waals surface area contributed by atoms with E-state index in [1.165, 1.54) is 5.69 Å². The second kappa shape index (κ2) is 13.2. The first-order chi connectivity index (χ1) is 15.1. The SMILES string of the molecule is COc1ccc(N2CCN(CCCN=C(N)Nc3ccc(OC)c(OC)c3)CC2)cc1.I. The van der Waals surface area contributed by atoms with Crippen molar-refractivity contribution in [3.8, 4) is 17.2 Å². The molecule has 0 bridgehead atoms. The molecule has 3 rings (SSSR count). The van der Waals surface area contributed by atoms with Gasteiger partial charge in [-0.1, -0.05) is 0 Å². The average molecular weight is 555 g/mol. The first kappa shape index (κ1) is 25.9. The highest BCUT2D eigenvalue weighted by Crippen LogP contribution is 2.29. The van der Waals surface area contributed by atoms with Crippen LogP contribution in [0.3, 0.4) is 0 Å². The third-order valence-corrected chi connectivity index (χ3v) is 5.38. The molecule has 0 amide bonds. The number of aliphatic imine (C=N–C) groups is 1. The van der Waals surface area contributed by atoms with Gasteiger partial charge in [0.05, 0.1) is 21.3 Å². The van der Waals surface area contributed by atoms with E-state index in [0.29, 0.717) is 24.0 Å². The molecule has 1 heterocycles. The fraction of sp³-hybridized carbons (Fsp3) is 0.435. The molecule has 1 fully saturated rings. The second-order valence-electron chi connectivity index (χ2n) is 7.34. The summed E-state index contributed by atoms with van der Waals surface area (Å²) in [4.78, 5) is 9.34. The van der Waals surface area contributed by atoms with Crippen LogP contribution in [0.5, 0.6) is 17.2 Å². The molecule has 0 aromatic heterocycles.